The molecule has 0 bridgehead atoms. The van der Waals surface area contributed by atoms with Crippen LogP contribution in [0.3, 0.4) is 0 Å². The van der Waals surface area contributed by atoms with Crippen molar-refractivity contribution in [3.63, 3.8) is 0 Å². The van der Waals surface area contributed by atoms with Crippen molar-refractivity contribution in [1.82, 2.24) is 0 Å². The standard InChI is InChI=1S/C24H29F2NO2/c25-22-14-11-20(16-23(22)26)18-9-12-21(13-10-18)29-24(28)19-7-5-17(6-8-19)4-2-1-3-15-27/h1,3,11,14,16-19,21H,2,4-10,12-13H2. The van der Waals surface area contributed by atoms with Crippen LogP contribution >= 0.6 is 0 Å². The van der Waals surface area contributed by atoms with Crippen LogP contribution in [-0.4, -0.2) is 12.1 Å². The van der Waals surface area contributed by atoms with Gasteiger partial charge in [0, 0.05) is 6.08 Å². The van der Waals surface area contributed by atoms with Gasteiger partial charge in [-0.25, -0.2) is 8.78 Å². The average molecular weight is 401 g/mol. The van der Waals surface area contributed by atoms with Gasteiger partial charge in [0.25, 0.3) is 0 Å². The van der Waals surface area contributed by atoms with Crippen molar-refractivity contribution in [1.29, 1.82) is 5.26 Å². The van der Waals surface area contributed by atoms with Gasteiger partial charge in [-0.3, -0.25) is 4.79 Å². The van der Waals surface area contributed by atoms with Crippen LogP contribution in [0.1, 0.15) is 75.7 Å². The SMILES string of the molecule is N#CC=CCCC1CCC(C(=O)OC2CCC(c3ccc(F)c(F)c3)CC2)CC1. The first kappa shape index (κ1) is 21.5. The van der Waals surface area contributed by atoms with E-state index in [9.17, 15) is 13.6 Å². The molecule has 3 rings (SSSR count). The van der Waals surface area contributed by atoms with E-state index in [1.165, 1.54) is 18.2 Å². The Hall–Kier alpha value is -2.22. The number of halogens is 2. The molecule has 3 nitrogen and oxygen atoms in total. The molecule has 5 heteroatoms. The normalized spacial score (nSPS) is 27.5. The number of hydrogen-bond acceptors (Lipinski definition) is 3. The van der Waals surface area contributed by atoms with Gasteiger partial charge in [0.15, 0.2) is 11.6 Å². The summed E-state index contributed by atoms with van der Waals surface area (Å²) >= 11 is 0. The van der Waals surface area contributed by atoms with Crippen molar-refractivity contribution in [3.05, 3.63) is 47.5 Å². The lowest BCUT2D eigenvalue weighted by molar-refractivity contribution is -0.157. The van der Waals surface area contributed by atoms with Crippen LogP contribution in [0.2, 0.25) is 0 Å². The van der Waals surface area contributed by atoms with Crippen LogP contribution < -0.4 is 0 Å². The lowest BCUT2D eigenvalue weighted by atomic mass is 9.79. The van der Waals surface area contributed by atoms with Crippen LogP contribution in [0.4, 0.5) is 8.78 Å². The van der Waals surface area contributed by atoms with Crippen molar-refractivity contribution in [2.24, 2.45) is 11.8 Å². The molecule has 156 valence electrons. The van der Waals surface area contributed by atoms with E-state index >= 15 is 0 Å². The van der Waals surface area contributed by atoms with Crippen LogP contribution in [0.15, 0.2) is 30.4 Å². The highest BCUT2D eigenvalue weighted by atomic mass is 19.2. The van der Waals surface area contributed by atoms with Crippen molar-refractivity contribution < 1.29 is 18.3 Å². The number of carbonyl (C=O) groups excluding carboxylic acids is 1. The summed E-state index contributed by atoms with van der Waals surface area (Å²) in [6.07, 6.45) is 12.4. The number of rotatable bonds is 6. The Morgan fingerprint density at radius 2 is 1.79 bits per heavy atom. The number of allylic oxidation sites excluding steroid dienone is 2. The molecular weight excluding hydrogens is 372 g/mol. The zero-order valence-corrected chi connectivity index (χ0v) is 16.8. The van der Waals surface area contributed by atoms with Gasteiger partial charge in [-0.1, -0.05) is 12.1 Å². The minimum Gasteiger partial charge on any atom is -0.462 e. The molecule has 0 aromatic heterocycles. The van der Waals surface area contributed by atoms with E-state index in [1.807, 2.05) is 12.1 Å². The number of nitrogens with zero attached hydrogens (tertiary/aromatic N) is 1. The summed E-state index contributed by atoms with van der Waals surface area (Å²) in [4.78, 5) is 12.5. The Kier molecular flexibility index (Phi) is 7.80. The maximum atomic E-state index is 13.5. The molecule has 0 amide bonds. The van der Waals surface area contributed by atoms with E-state index in [1.54, 1.807) is 6.07 Å². The quantitative estimate of drug-likeness (QED) is 0.421. The third-order valence-corrected chi connectivity index (χ3v) is 6.49. The van der Waals surface area contributed by atoms with Crippen molar-refractivity contribution >= 4 is 5.97 Å². The van der Waals surface area contributed by atoms with Crippen LogP contribution in [0, 0.1) is 34.8 Å². The summed E-state index contributed by atoms with van der Waals surface area (Å²) in [5.74, 6) is -0.842. The molecule has 0 saturated heterocycles. The van der Waals surface area contributed by atoms with Gasteiger partial charge in [-0.05, 0) is 93.7 Å². The maximum Gasteiger partial charge on any atom is 0.309 e. The lowest BCUT2D eigenvalue weighted by Gasteiger charge is -2.31. The lowest BCUT2D eigenvalue weighted by Crippen LogP contribution is -2.29. The van der Waals surface area contributed by atoms with E-state index < -0.39 is 11.6 Å². The summed E-state index contributed by atoms with van der Waals surface area (Å²) < 4.78 is 32.4. The van der Waals surface area contributed by atoms with Gasteiger partial charge in [0.1, 0.15) is 6.10 Å². The van der Waals surface area contributed by atoms with E-state index in [4.69, 9.17) is 10.00 Å². The molecule has 0 spiro atoms. The molecule has 1 aromatic carbocycles. The number of hydrogen-bond donors (Lipinski definition) is 0. The summed E-state index contributed by atoms with van der Waals surface area (Å²) in [6.45, 7) is 0. The Labute approximate surface area is 171 Å². The van der Waals surface area contributed by atoms with Gasteiger partial charge in [0.2, 0.25) is 0 Å². The molecule has 0 N–H and O–H groups in total. The molecule has 2 aliphatic carbocycles. The monoisotopic (exact) mass is 401 g/mol. The number of ether oxygens (including phenoxy) is 1. The second-order valence-electron chi connectivity index (χ2n) is 8.41. The number of nitriles is 1. The number of benzene rings is 1. The Morgan fingerprint density at radius 1 is 1.07 bits per heavy atom. The molecule has 2 saturated carbocycles. The fraction of sp³-hybridized carbons (Fsp3) is 0.583. The topological polar surface area (TPSA) is 50.1 Å². The molecule has 29 heavy (non-hydrogen) atoms. The fourth-order valence-corrected chi connectivity index (χ4v) is 4.70. The van der Waals surface area contributed by atoms with E-state index in [0.29, 0.717) is 5.92 Å². The van der Waals surface area contributed by atoms with Crippen LogP contribution in [0.25, 0.3) is 0 Å². The Bertz CT molecular complexity index is 755. The first-order valence-corrected chi connectivity index (χ1v) is 10.8. The Balaban J connectivity index is 1.38. The predicted molar refractivity (Wildman–Crippen MR) is 107 cm³/mol. The van der Waals surface area contributed by atoms with E-state index in [0.717, 1.165) is 69.8 Å². The van der Waals surface area contributed by atoms with Gasteiger partial charge in [-0.2, -0.15) is 5.26 Å². The van der Waals surface area contributed by atoms with Crippen molar-refractivity contribution in [3.8, 4) is 6.07 Å². The third kappa shape index (κ3) is 6.13. The van der Waals surface area contributed by atoms with E-state index in [-0.39, 0.29) is 23.9 Å². The highest BCUT2D eigenvalue weighted by molar-refractivity contribution is 5.72. The second kappa shape index (κ2) is 10.5. The Morgan fingerprint density at radius 3 is 2.45 bits per heavy atom. The van der Waals surface area contributed by atoms with Gasteiger partial charge < -0.3 is 4.74 Å². The predicted octanol–water partition coefficient (Wildman–Crippen LogP) is 6.20. The molecule has 2 fully saturated rings. The molecule has 0 atom stereocenters. The number of esters is 1. The van der Waals surface area contributed by atoms with Crippen LogP contribution in [0.5, 0.6) is 0 Å². The number of carbonyl (C=O) groups is 1. The van der Waals surface area contributed by atoms with Gasteiger partial charge in [-0.15, -0.1) is 0 Å². The van der Waals surface area contributed by atoms with Gasteiger partial charge in [0.05, 0.1) is 12.0 Å². The first-order valence-electron chi connectivity index (χ1n) is 10.8. The minimum absolute atomic E-state index is 0.00446. The fourth-order valence-electron chi connectivity index (χ4n) is 4.70. The zero-order valence-electron chi connectivity index (χ0n) is 16.8. The van der Waals surface area contributed by atoms with Gasteiger partial charge >= 0.3 is 5.97 Å². The first-order chi connectivity index (χ1) is 14.1. The summed E-state index contributed by atoms with van der Waals surface area (Å²) in [7, 11) is 0. The molecule has 1 aromatic rings. The van der Waals surface area contributed by atoms with Crippen LogP contribution in [-0.2, 0) is 9.53 Å². The zero-order chi connectivity index (χ0) is 20.6. The molecule has 0 radical (unpaired) electrons. The summed E-state index contributed by atoms with van der Waals surface area (Å²) in [5, 5.41) is 8.51. The molecule has 0 unspecified atom stereocenters. The highest BCUT2D eigenvalue weighted by Gasteiger charge is 2.31. The van der Waals surface area contributed by atoms with Crippen molar-refractivity contribution in [2.45, 2.75) is 76.2 Å². The minimum atomic E-state index is -0.815. The second-order valence-corrected chi connectivity index (χ2v) is 8.41. The van der Waals surface area contributed by atoms with Crippen molar-refractivity contribution in [2.75, 3.05) is 0 Å². The molecule has 0 aliphatic heterocycles. The smallest absolute Gasteiger partial charge is 0.309 e. The largest absolute Gasteiger partial charge is 0.462 e. The molecule has 0 heterocycles. The third-order valence-electron chi connectivity index (χ3n) is 6.49. The maximum absolute atomic E-state index is 13.5. The molecular formula is C24H29F2NO2. The van der Waals surface area contributed by atoms with E-state index in [2.05, 4.69) is 0 Å². The highest BCUT2D eigenvalue weighted by Crippen LogP contribution is 2.36. The molecule has 2 aliphatic rings. The summed E-state index contributed by atoms with van der Waals surface area (Å²) in [5.41, 5.74) is 0.830. The average Bonchev–Trinajstić information content (AvgIpc) is 2.74. The summed E-state index contributed by atoms with van der Waals surface area (Å²) in [6, 6.07) is 6.15.